The van der Waals surface area contributed by atoms with Gasteiger partial charge < -0.3 is 15.2 Å². The average molecular weight is 379 g/mol. The minimum atomic E-state index is 0.261. The van der Waals surface area contributed by atoms with E-state index in [1.807, 2.05) is 26.0 Å². The number of nitrogens with zero attached hydrogens (tertiary/aromatic N) is 3. The number of thiocarbonyl (C=S) groups is 1. The van der Waals surface area contributed by atoms with Crippen LogP contribution in [-0.2, 0) is 0 Å². The third-order valence-electron chi connectivity index (χ3n) is 4.44. The number of hydrogen-bond donors (Lipinski definition) is 3. The normalized spacial score (nSPS) is 17.7. The molecule has 0 aliphatic carbocycles. The first-order valence-electron chi connectivity index (χ1n) is 9.23. The molecule has 0 spiro atoms. The molecule has 1 saturated heterocycles. The van der Waals surface area contributed by atoms with Crippen LogP contribution in [0, 0.1) is 0 Å². The van der Waals surface area contributed by atoms with Crippen molar-refractivity contribution >= 4 is 28.8 Å². The van der Waals surface area contributed by atoms with Crippen molar-refractivity contribution in [3.63, 3.8) is 0 Å². The molecule has 1 fully saturated rings. The Hall–Kier alpha value is -1.93. The van der Waals surface area contributed by atoms with Gasteiger partial charge in [-0.3, -0.25) is 10.3 Å². The van der Waals surface area contributed by atoms with Gasteiger partial charge in [-0.2, -0.15) is 10.2 Å². The van der Waals surface area contributed by atoms with Gasteiger partial charge in [0.15, 0.2) is 10.9 Å². The Morgan fingerprint density at radius 3 is 2.65 bits per heavy atom. The molecule has 1 aromatic rings. The smallest absolute Gasteiger partial charge is 0.186 e. The molecular formula is C18H30N6OS. The predicted octanol–water partition coefficient (Wildman–Crippen LogP) is 2.61. The lowest BCUT2D eigenvalue weighted by Crippen LogP contribution is -2.33. The molecule has 2 heterocycles. The van der Waals surface area contributed by atoms with Crippen molar-refractivity contribution in [1.29, 1.82) is 0 Å². The molecule has 0 saturated carbocycles. The number of rotatable bonds is 7. The quantitative estimate of drug-likeness (QED) is 0.385. The van der Waals surface area contributed by atoms with Gasteiger partial charge in [-0.05, 0) is 71.1 Å². The molecule has 1 aromatic heterocycles. The van der Waals surface area contributed by atoms with Crippen molar-refractivity contribution in [3.05, 3.63) is 23.7 Å². The van der Waals surface area contributed by atoms with Gasteiger partial charge in [0.1, 0.15) is 11.5 Å². The van der Waals surface area contributed by atoms with E-state index in [1.54, 1.807) is 7.05 Å². The summed E-state index contributed by atoms with van der Waals surface area (Å²) in [5.74, 6) is 1.64. The molecule has 144 valence electrons. The van der Waals surface area contributed by atoms with Crippen LogP contribution in [0.3, 0.4) is 0 Å². The maximum absolute atomic E-state index is 6.12. The van der Waals surface area contributed by atoms with Crippen molar-refractivity contribution in [1.82, 2.24) is 21.1 Å². The Morgan fingerprint density at radius 2 is 2.00 bits per heavy atom. The molecule has 7 nitrogen and oxygen atoms in total. The molecule has 1 atom stereocenters. The van der Waals surface area contributed by atoms with Crippen molar-refractivity contribution < 1.29 is 4.42 Å². The van der Waals surface area contributed by atoms with Gasteiger partial charge in [0.25, 0.3) is 0 Å². The SMILES string of the molecule is CCNC(=S)N/N=C(C)/C(=N/NC)c1ccc(C(C)N2CCCCC2)o1. The molecule has 26 heavy (non-hydrogen) atoms. The third-order valence-corrected chi connectivity index (χ3v) is 4.67. The zero-order valence-corrected chi connectivity index (χ0v) is 16.9. The summed E-state index contributed by atoms with van der Waals surface area (Å²) >= 11 is 5.14. The number of nitrogens with one attached hydrogen (secondary N) is 3. The number of piperidine rings is 1. The molecule has 1 aliphatic rings. The number of hydrazone groups is 2. The lowest BCUT2D eigenvalue weighted by molar-refractivity contribution is 0.157. The van der Waals surface area contributed by atoms with E-state index in [2.05, 4.69) is 38.2 Å². The third kappa shape index (κ3) is 5.54. The van der Waals surface area contributed by atoms with Gasteiger partial charge in [-0.25, -0.2) is 0 Å². The van der Waals surface area contributed by atoms with Crippen molar-refractivity contribution in [2.75, 3.05) is 26.7 Å². The Labute approximate surface area is 161 Å². The summed E-state index contributed by atoms with van der Waals surface area (Å²) < 4.78 is 6.12. The summed E-state index contributed by atoms with van der Waals surface area (Å²) in [4.78, 5) is 2.47. The first-order chi connectivity index (χ1) is 12.6. The first kappa shape index (κ1) is 20.4. The highest BCUT2D eigenvalue weighted by Gasteiger charge is 2.22. The summed E-state index contributed by atoms with van der Waals surface area (Å²) in [6, 6.07) is 4.24. The predicted molar refractivity (Wildman–Crippen MR) is 111 cm³/mol. The summed E-state index contributed by atoms with van der Waals surface area (Å²) in [6.45, 7) is 9.04. The molecular weight excluding hydrogens is 348 g/mol. The standard InChI is InChI=1S/C18H30N6OS/c1-5-20-18(26)23-21-13(2)17(22-19-4)16-10-9-15(25-16)14(3)24-11-7-6-8-12-24/h9-10,14,19H,5-8,11-12H2,1-4H3,(H2,20,23,26)/b21-13+,22-17-. The molecule has 3 N–H and O–H groups in total. The number of hydrogen-bond acceptors (Lipinski definition) is 6. The lowest BCUT2D eigenvalue weighted by Gasteiger charge is -2.31. The topological polar surface area (TPSA) is 77.2 Å². The number of furan rings is 1. The average Bonchev–Trinajstić information content (AvgIpc) is 3.14. The monoisotopic (exact) mass is 378 g/mol. The van der Waals surface area contributed by atoms with E-state index >= 15 is 0 Å². The van der Waals surface area contributed by atoms with E-state index in [0.717, 1.165) is 25.4 Å². The van der Waals surface area contributed by atoms with E-state index in [-0.39, 0.29) is 6.04 Å². The van der Waals surface area contributed by atoms with Crippen molar-refractivity contribution in [2.24, 2.45) is 10.2 Å². The fourth-order valence-electron chi connectivity index (χ4n) is 3.00. The van der Waals surface area contributed by atoms with Gasteiger partial charge in [-0.15, -0.1) is 0 Å². The van der Waals surface area contributed by atoms with E-state index in [0.29, 0.717) is 22.3 Å². The van der Waals surface area contributed by atoms with E-state index in [9.17, 15) is 0 Å². The maximum atomic E-state index is 6.12. The Kier molecular flexibility index (Phi) is 8.06. The highest BCUT2D eigenvalue weighted by atomic mass is 32.1. The highest BCUT2D eigenvalue weighted by Crippen LogP contribution is 2.26. The van der Waals surface area contributed by atoms with Crippen LogP contribution in [0.25, 0.3) is 0 Å². The van der Waals surface area contributed by atoms with Crippen LogP contribution < -0.4 is 16.2 Å². The van der Waals surface area contributed by atoms with Crippen LogP contribution in [0.4, 0.5) is 0 Å². The van der Waals surface area contributed by atoms with Crippen molar-refractivity contribution in [2.45, 2.75) is 46.1 Å². The van der Waals surface area contributed by atoms with Gasteiger partial charge in [0.2, 0.25) is 0 Å². The number of likely N-dealkylation sites (tertiary alicyclic amines) is 1. The van der Waals surface area contributed by atoms with Crippen LogP contribution in [0.1, 0.15) is 57.6 Å². The van der Waals surface area contributed by atoms with Gasteiger partial charge in [0.05, 0.1) is 11.8 Å². The summed E-state index contributed by atoms with van der Waals surface area (Å²) in [7, 11) is 1.75. The van der Waals surface area contributed by atoms with E-state index in [1.165, 1.54) is 19.3 Å². The van der Waals surface area contributed by atoms with Gasteiger partial charge in [-0.1, -0.05) is 6.42 Å². The molecule has 2 rings (SSSR count). The van der Waals surface area contributed by atoms with Crippen LogP contribution in [0.5, 0.6) is 0 Å². The Balaban J connectivity index is 2.12. The van der Waals surface area contributed by atoms with Crippen LogP contribution >= 0.6 is 12.2 Å². The largest absolute Gasteiger partial charge is 0.458 e. The van der Waals surface area contributed by atoms with Crippen LogP contribution in [-0.4, -0.2) is 48.1 Å². The molecule has 1 unspecified atom stereocenters. The molecule has 1 aliphatic heterocycles. The second-order valence-corrected chi connectivity index (χ2v) is 6.74. The maximum Gasteiger partial charge on any atom is 0.186 e. The fraction of sp³-hybridized carbons (Fsp3) is 0.611. The zero-order chi connectivity index (χ0) is 18.9. The summed E-state index contributed by atoms with van der Waals surface area (Å²) in [6.07, 6.45) is 3.84. The minimum absolute atomic E-state index is 0.261. The molecule has 0 aromatic carbocycles. The Morgan fingerprint density at radius 1 is 1.27 bits per heavy atom. The van der Waals surface area contributed by atoms with Crippen LogP contribution in [0.15, 0.2) is 26.8 Å². The zero-order valence-electron chi connectivity index (χ0n) is 16.1. The van der Waals surface area contributed by atoms with Crippen molar-refractivity contribution in [3.8, 4) is 0 Å². The second kappa shape index (κ2) is 10.3. The fourth-order valence-corrected chi connectivity index (χ4v) is 3.19. The van der Waals surface area contributed by atoms with Gasteiger partial charge >= 0.3 is 0 Å². The van der Waals surface area contributed by atoms with E-state index in [4.69, 9.17) is 16.6 Å². The molecule has 0 radical (unpaired) electrons. The second-order valence-electron chi connectivity index (χ2n) is 6.33. The molecule has 0 bridgehead atoms. The summed E-state index contributed by atoms with van der Waals surface area (Å²) in [5, 5.41) is 12.1. The molecule has 0 amide bonds. The van der Waals surface area contributed by atoms with Crippen LogP contribution in [0.2, 0.25) is 0 Å². The molecule has 8 heteroatoms. The minimum Gasteiger partial charge on any atom is -0.458 e. The van der Waals surface area contributed by atoms with Gasteiger partial charge in [0, 0.05) is 13.6 Å². The highest BCUT2D eigenvalue weighted by molar-refractivity contribution is 7.80. The lowest BCUT2D eigenvalue weighted by atomic mass is 10.1. The summed E-state index contributed by atoms with van der Waals surface area (Å²) in [5.41, 5.74) is 6.98. The van der Waals surface area contributed by atoms with E-state index < -0.39 is 0 Å². The Bertz CT molecular complexity index is 648. The first-order valence-corrected chi connectivity index (χ1v) is 9.64.